The Morgan fingerprint density at radius 2 is 2.18 bits per heavy atom. The first-order valence-electron chi connectivity index (χ1n) is 6.84. The molecule has 22 heavy (non-hydrogen) atoms. The van der Waals surface area contributed by atoms with Crippen LogP contribution in [0.1, 0.15) is 23.7 Å². The van der Waals surface area contributed by atoms with E-state index < -0.39 is 23.6 Å². The number of aromatic nitrogens is 2. The van der Waals surface area contributed by atoms with Gasteiger partial charge in [0.25, 0.3) is 5.91 Å². The Bertz CT molecular complexity index is 683. The Morgan fingerprint density at radius 3 is 2.82 bits per heavy atom. The summed E-state index contributed by atoms with van der Waals surface area (Å²) in [6, 6.07) is 3.11. The van der Waals surface area contributed by atoms with Gasteiger partial charge in [0.1, 0.15) is 17.3 Å². The lowest BCUT2D eigenvalue weighted by atomic mass is 10.1. The molecule has 0 saturated heterocycles. The normalized spacial score (nSPS) is 12.2. The van der Waals surface area contributed by atoms with Gasteiger partial charge in [0.15, 0.2) is 0 Å². The number of aryl methyl sites for hydroxylation is 1. The van der Waals surface area contributed by atoms with Crippen molar-refractivity contribution >= 4 is 5.91 Å². The fraction of sp³-hybridized carbons (Fsp3) is 0.333. The number of hydrogen-bond acceptors (Lipinski definition) is 3. The summed E-state index contributed by atoms with van der Waals surface area (Å²) in [6.07, 6.45) is 1.35. The molecule has 0 aliphatic carbocycles. The van der Waals surface area contributed by atoms with Crippen LogP contribution in [0.15, 0.2) is 24.4 Å². The highest BCUT2D eigenvalue weighted by molar-refractivity contribution is 5.99. The van der Waals surface area contributed by atoms with Gasteiger partial charge in [-0.05, 0) is 25.5 Å². The van der Waals surface area contributed by atoms with E-state index in [0.717, 1.165) is 12.1 Å². The molecule has 0 aliphatic rings. The third kappa shape index (κ3) is 3.67. The standard InChI is InChI=1S/C15H17F2N3O2/c1-9(21)5-6-18-15(22)12-8-20(2)19-14(12)11-4-3-10(16)7-13(11)17/h3-4,7-9,21H,5-6H2,1-2H3,(H,18,22). The molecular weight excluding hydrogens is 292 g/mol. The van der Waals surface area contributed by atoms with E-state index >= 15 is 0 Å². The van der Waals surface area contributed by atoms with Gasteiger partial charge in [0.2, 0.25) is 0 Å². The number of nitrogens with zero attached hydrogens (tertiary/aromatic N) is 2. The second kappa shape index (κ2) is 6.65. The number of aliphatic hydroxyl groups is 1. The molecule has 0 aliphatic heterocycles. The third-order valence-corrected chi connectivity index (χ3v) is 3.11. The van der Waals surface area contributed by atoms with Gasteiger partial charge < -0.3 is 10.4 Å². The van der Waals surface area contributed by atoms with Gasteiger partial charge in [0, 0.05) is 31.4 Å². The number of carbonyl (C=O) groups excluding carboxylic acids is 1. The van der Waals surface area contributed by atoms with Crippen LogP contribution >= 0.6 is 0 Å². The zero-order chi connectivity index (χ0) is 16.3. The molecule has 1 aromatic carbocycles. The fourth-order valence-corrected chi connectivity index (χ4v) is 2.02. The molecule has 0 radical (unpaired) electrons. The van der Waals surface area contributed by atoms with Gasteiger partial charge in [-0.2, -0.15) is 5.10 Å². The SMILES string of the molecule is CC(O)CCNC(=O)c1cn(C)nc1-c1ccc(F)cc1F. The number of benzene rings is 1. The Morgan fingerprint density at radius 1 is 1.45 bits per heavy atom. The van der Waals surface area contributed by atoms with Crippen LogP contribution in [-0.4, -0.2) is 33.4 Å². The molecule has 1 amide bonds. The van der Waals surface area contributed by atoms with Crippen molar-refractivity contribution < 1.29 is 18.7 Å². The third-order valence-electron chi connectivity index (χ3n) is 3.11. The molecular formula is C15H17F2N3O2. The van der Waals surface area contributed by atoms with Crippen LogP contribution in [-0.2, 0) is 7.05 Å². The zero-order valence-corrected chi connectivity index (χ0v) is 12.3. The molecule has 118 valence electrons. The van der Waals surface area contributed by atoms with Crippen LogP contribution in [0.2, 0.25) is 0 Å². The van der Waals surface area contributed by atoms with E-state index in [1.54, 1.807) is 14.0 Å². The molecule has 5 nitrogen and oxygen atoms in total. The Labute approximate surface area is 126 Å². The molecule has 0 spiro atoms. The molecule has 1 atom stereocenters. The molecule has 2 rings (SSSR count). The maximum absolute atomic E-state index is 13.9. The van der Waals surface area contributed by atoms with Crippen LogP contribution in [0, 0.1) is 11.6 Å². The van der Waals surface area contributed by atoms with E-state index in [9.17, 15) is 18.7 Å². The van der Waals surface area contributed by atoms with Gasteiger partial charge in [-0.15, -0.1) is 0 Å². The number of carbonyl (C=O) groups is 1. The summed E-state index contributed by atoms with van der Waals surface area (Å²) >= 11 is 0. The van der Waals surface area contributed by atoms with Crippen LogP contribution in [0.4, 0.5) is 8.78 Å². The maximum atomic E-state index is 13.9. The minimum Gasteiger partial charge on any atom is -0.393 e. The Hall–Kier alpha value is -2.28. The second-order valence-electron chi connectivity index (χ2n) is 5.08. The van der Waals surface area contributed by atoms with Crippen LogP contribution in [0.5, 0.6) is 0 Å². The molecule has 1 unspecified atom stereocenters. The number of nitrogens with one attached hydrogen (secondary N) is 1. The van der Waals surface area contributed by atoms with E-state index in [-0.39, 0.29) is 23.4 Å². The summed E-state index contributed by atoms with van der Waals surface area (Å²) in [5.41, 5.74) is 0.399. The first-order valence-corrected chi connectivity index (χ1v) is 6.84. The van der Waals surface area contributed by atoms with E-state index in [4.69, 9.17) is 0 Å². The van der Waals surface area contributed by atoms with Gasteiger partial charge in [-0.3, -0.25) is 9.48 Å². The zero-order valence-electron chi connectivity index (χ0n) is 12.3. The lowest BCUT2D eigenvalue weighted by Gasteiger charge is -2.07. The van der Waals surface area contributed by atoms with Crippen molar-refractivity contribution in [1.82, 2.24) is 15.1 Å². The first-order chi connectivity index (χ1) is 10.4. The second-order valence-corrected chi connectivity index (χ2v) is 5.08. The highest BCUT2D eigenvalue weighted by Crippen LogP contribution is 2.25. The molecule has 7 heteroatoms. The van der Waals surface area contributed by atoms with Crippen molar-refractivity contribution in [2.24, 2.45) is 7.05 Å². The fourth-order valence-electron chi connectivity index (χ4n) is 2.02. The quantitative estimate of drug-likeness (QED) is 0.886. The summed E-state index contributed by atoms with van der Waals surface area (Å²) in [4.78, 5) is 12.2. The van der Waals surface area contributed by atoms with Crippen molar-refractivity contribution in [3.63, 3.8) is 0 Å². The molecule has 0 saturated carbocycles. The number of hydrogen-bond donors (Lipinski definition) is 2. The summed E-state index contributed by atoms with van der Waals surface area (Å²) in [7, 11) is 1.61. The van der Waals surface area contributed by atoms with Crippen molar-refractivity contribution in [3.8, 4) is 11.3 Å². The van der Waals surface area contributed by atoms with E-state index in [0.29, 0.717) is 6.42 Å². The van der Waals surface area contributed by atoms with Crippen molar-refractivity contribution in [2.45, 2.75) is 19.4 Å². The largest absolute Gasteiger partial charge is 0.393 e. The predicted molar refractivity (Wildman–Crippen MR) is 77.2 cm³/mol. The number of aliphatic hydroxyl groups excluding tert-OH is 1. The molecule has 0 bridgehead atoms. The maximum Gasteiger partial charge on any atom is 0.255 e. The number of rotatable bonds is 5. The van der Waals surface area contributed by atoms with Crippen molar-refractivity contribution in [3.05, 3.63) is 41.6 Å². The van der Waals surface area contributed by atoms with Gasteiger partial charge >= 0.3 is 0 Å². The highest BCUT2D eigenvalue weighted by Gasteiger charge is 2.19. The minimum atomic E-state index is -0.781. The van der Waals surface area contributed by atoms with Crippen LogP contribution < -0.4 is 5.32 Å². The Kier molecular flexibility index (Phi) is 4.87. The summed E-state index contributed by atoms with van der Waals surface area (Å²) in [5, 5.41) is 15.9. The first kappa shape index (κ1) is 16.1. The summed E-state index contributed by atoms with van der Waals surface area (Å²) in [5.74, 6) is -1.90. The van der Waals surface area contributed by atoms with Crippen molar-refractivity contribution in [2.75, 3.05) is 6.54 Å². The summed E-state index contributed by atoms with van der Waals surface area (Å²) < 4.78 is 28.3. The van der Waals surface area contributed by atoms with E-state index in [1.807, 2.05) is 0 Å². The molecule has 2 aromatic rings. The lowest BCUT2D eigenvalue weighted by molar-refractivity contribution is 0.0946. The predicted octanol–water partition coefficient (Wildman–Crippen LogP) is 1.87. The Balaban J connectivity index is 2.28. The van der Waals surface area contributed by atoms with Crippen LogP contribution in [0.25, 0.3) is 11.3 Å². The van der Waals surface area contributed by atoms with Gasteiger partial charge in [0.05, 0.1) is 11.7 Å². The minimum absolute atomic E-state index is 0.0580. The highest BCUT2D eigenvalue weighted by atomic mass is 19.1. The topological polar surface area (TPSA) is 67.2 Å². The average molecular weight is 309 g/mol. The monoisotopic (exact) mass is 309 g/mol. The van der Waals surface area contributed by atoms with E-state index in [1.165, 1.54) is 16.9 Å². The average Bonchev–Trinajstić information content (AvgIpc) is 2.80. The van der Waals surface area contributed by atoms with Crippen molar-refractivity contribution in [1.29, 1.82) is 0 Å². The van der Waals surface area contributed by atoms with Gasteiger partial charge in [-0.1, -0.05) is 0 Å². The summed E-state index contributed by atoms with van der Waals surface area (Å²) in [6.45, 7) is 1.91. The molecule has 0 fully saturated rings. The molecule has 2 N–H and O–H groups in total. The number of halogens is 2. The number of amides is 1. The smallest absolute Gasteiger partial charge is 0.255 e. The van der Waals surface area contributed by atoms with Crippen LogP contribution in [0.3, 0.4) is 0 Å². The lowest BCUT2D eigenvalue weighted by Crippen LogP contribution is -2.26. The molecule has 1 heterocycles. The van der Waals surface area contributed by atoms with Gasteiger partial charge in [-0.25, -0.2) is 8.78 Å². The molecule has 1 aromatic heterocycles. The van der Waals surface area contributed by atoms with E-state index in [2.05, 4.69) is 10.4 Å².